The Hall–Kier alpha value is -2.74. The molecule has 0 unspecified atom stereocenters. The van der Waals surface area contributed by atoms with Crippen LogP contribution in [0.4, 0.5) is 4.79 Å². The van der Waals surface area contributed by atoms with Gasteiger partial charge in [0.2, 0.25) is 0 Å². The topological polar surface area (TPSA) is 92.8 Å². The largest absolute Gasteiger partial charge is 0.453 e. The van der Waals surface area contributed by atoms with Crippen LogP contribution in [0.1, 0.15) is 43.0 Å². The van der Waals surface area contributed by atoms with E-state index in [2.05, 4.69) is 25.2 Å². The van der Waals surface area contributed by atoms with Crippen molar-refractivity contribution in [1.29, 1.82) is 0 Å². The van der Waals surface area contributed by atoms with Gasteiger partial charge in [0.15, 0.2) is 0 Å². The molecule has 27 heavy (non-hydrogen) atoms. The van der Waals surface area contributed by atoms with Gasteiger partial charge in [-0.15, -0.1) is 11.3 Å². The van der Waals surface area contributed by atoms with E-state index in [1.165, 1.54) is 32.8 Å². The monoisotopic (exact) mass is 383 g/mol. The quantitative estimate of drug-likeness (QED) is 0.692. The highest BCUT2D eigenvalue weighted by atomic mass is 32.1. The van der Waals surface area contributed by atoms with Crippen molar-refractivity contribution in [3.05, 3.63) is 42.0 Å². The standard InChI is InChI=1S/C19H21N5O2S/c1-26-19(25)21-11-14-9-15(24-23-14)17-16(12-5-2-3-6-12)22-18(27-17)13-7-4-8-20-10-13/h4,7-10,12H,2-3,5-6,11H2,1H3,(H,21,25)(H,23,24). The molecule has 0 aromatic carbocycles. The molecule has 1 saturated carbocycles. The predicted octanol–water partition coefficient (Wildman–Crippen LogP) is 4.11. The van der Waals surface area contributed by atoms with Crippen LogP contribution in [0.5, 0.6) is 0 Å². The van der Waals surface area contributed by atoms with Gasteiger partial charge >= 0.3 is 6.09 Å². The van der Waals surface area contributed by atoms with Crippen molar-refractivity contribution >= 4 is 17.4 Å². The normalized spacial score (nSPS) is 14.4. The molecule has 0 radical (unpaired) electrons. The number of carbonyl (C=O) groups excluding carboxylic acids is 1. The van der Waals surface area contributed by atoms with Gasteiger partial charge in [0.05, 0.1) is 29.9 Å². The predicted molar refractivity (Wildman–Crippen MR) is 103 cm³/mol. The van der Waals surface area contributed by atoms with E-state index < -0.39 is 6.09 Å². The molecule has 0 atom stereocenters. The van der Waals surface area contributed by atoms with E-state index >= 15 is 0 Å². The molecule has 8 heteroatoms. The lowest BCUT2D eigenvalue weighted by Gasteiger charge is -2.07. The Labute approximate surface area is 161 Å². The van der Waals surface area contributed by atoms with Gasteiger partial charge in [-0.05, 0) is 31.0 Å². The van der Waals surface area contributed by atoms with Crippen molar-refractivity contribution in [3.63, 3.8) is 0 Å². The number of pyridine rings is 1. The van der Waals surface area contributed by atoms with Crippen molar-refractivity contribution in [1.82, 2.24) is 25.5 Å². The molecule has 0 spiro atoms. The van der Waals surface area contributed by atoms with Crippen LogP contribution in [-0.2, 0) is 11.3 Å². The number of hydrogen-bond acceptors (Lipinski definition) is 6. The number of nitrogens with one attached hydrogen (secondary N) is 2. The number of methoxy groups -OCH3 is 1. The van der Waals surface area contributed by atoms with Crippen LogP contribution >= 0.6 is 11.3 Å². The molecule has 3 aromatic heterocycles. The first-order chi connectivity index (χ1) is 13.2. The van der Waals surface area contributed by atoms with Gasteiger partial charge in [-0.2, -0.15) is 5.10 Å². The molecule has 1 amide bonds. The first-order valence-electron chi connectivity index (χ1n) is 9.02. The van der Waals surface area contributed by atoms with E-state index in [9.17, 15) is 4.79 Å². The Morgan fingerprint density at radius 1 is 1.41 bits per heavy atom. The third kappa shape index (κ3) is 3.85. The third-order valence-electron chi connectivity index (χ3n) is 4.78. The summed E-state index contributed by atoms with van der Waals surface area (Å²) in [6.07, 6.45) is 7.99. The second-order valence-corrected chi connectivity index (χ2v) is 7.58. The highest BCUT2D eigenvalue weighted by molar-refractivity contribution is 7.18. The van der Waals surface area contributed by atoms with Crippen molar-refractivity contribution in [2.45, 2.75) is 38.1 Å². The van der Waals surface area contributed by atoms with Crippen LogP contribution in [0.2, 0.25) is 0 Å². The number of amides is 1. The van der Waals surface area contributed by atoms with E-state index in [4.69, 9.17) is 4.98 Å². The van der Waals surface area contributed by atoms with Gasteiger partial charge in [0.25, 0.3) is 0 Å². The molecular formula is C19H21N5O2S. The van der Waals surface area contributed by atoms with Gasteiger partial charge in [-0.3, -0.25) is 10.1 Å². The third-order valence-corrected chi connectivity index (χ3v) is 5.92. The van der Waals surface area contributed by atoms with Crippen molar-refractivity contribution in [2.75, 3.05) is 7.11 Å². The molecule has 0 aliphatic heterocycles. The maximum absolute atomic E-state index is 11.3. The molecule has 4 rings (SSSR count). The number of H-pyrrole nitrogens is 1. The molecule has 140 valence electrons. The zero-order valence-electron chi connectivity index (χ0n) is 15.1. The molecule has 1 fully saturated rings. The van der Waals surface area contributed by atoms with Crippen molar-refractivity contribution < 1.29 is 9.53 Å². The molecule has 3 aromatic rings. The minimum atomic E-state index is -0.463. The van der Waals surface area contributed by atoms with Crippen LogP contribution in [0.3, 0.4) is 0 Å². The summed E-state index contributed by atoms with van der Waals surface area (Å²) in [5, 5.41) is 11.1. The lowest BCUT2D eigenvalue weighted by molar-refractivity contribution is 0.170. The van der Waals surface area contributed by atoms with Crippen LogP contribution in [-0.4, -0.2) is 33.4 Å². The number of rotatable bonds is 5. The first kappa shape index (κ1) is 17.7. The summed E-state index contributed by atoms with van der Waals surface area (Å²) in [7, 11) is 1.35. The Morgan fingerprint density at radius 3 is 3.00 bits per heavy atom. The second kappa shape index (κ2) is 7.87. The van der Waals surface area contributed by atoms with E-state index in [1.807, 2.05) is 24.4 Å². The summed E-state index contributed by atoms with van der Waals surface area (Å²) in [6, 6.07) is 5.93. The van der Waals surface area contributed by atoms with Crippen molar-refractivity contribution in [3.8, 4) is 21.1 Å². The Kier molecular flexibility index (Phi) is 5.15. The number of hydrogen-bond donors (Lipinski definition) is 2. The molecule has 7 nitrogen and oxygen atoms in total. The van der Waals surface area contributed by atoms with Crippen LogP contribution in [0.25, 0.3) is 21.1 Å². The summed E-state index contributed by atoms with van der Waals surface area (Å²) in [5.74, 6) is 0.481. The second-order valence-electron chi connectivity index (χ2n) is 6.58. The summed E-state index contributed by atoms with van der Waals surface area (Å²) in [6.45, 7) is 0.340. The van der Waals surface area contributed by atoms with E-state index in [0.717, 1.165) is 32.5 Å². The van der Waals surface area contributed by atoms with E-state index in [0.29, 0.717) is 12.5 Å². The number of aromatic amines is 1. The lowest BCUT2D eigenvalue weighted by atomic mass is 10.0. The molecule has 2 N–H and O–H groups in total. The number of nitrogens with zero attached hydrogens (tertiary/aromatic N) is 3. The smallest absolute Gasteiger partial charge is 0.407 e. The fraction of sp³-hybridized carbons (Fsp3) is 0.368. The Morgan fingerprint density at radius 2 is 2.26 bits per heavy atom. The minimum Gasteiger partial charge on any atom is -0.453 e. The fourth-order valence-electron chi connectivity index (χ4n) is 3.41. The number of ether oxygens (including phenoxy) is 1. The highest BCUT2D eigenvalue weighted by Crippen LogP contribution is 2.43. The van der Waals surface area contributed by atoms with Crippen molar-refractivity contribution in [2.24, 2.45) is 0 Å². The molecule has 1 aliphatic rings. The number of alkyl carbamates (subject to hydrolysis) is 1. The summed E-state index contributed by atoms with van der Waals surface area (Å²) in [4.78, 5) is 21.6. The zero-order chi connectivity index (χ0) is 18.6. The van der Waals surface area contributed by atoms with Gasteiger partial charge in [-0.25, -0.2) is 9.78 Å². The van der Waals surface area contributed by atoms with Crippen LogP contribution < -0.4 is 5.32 Å². The van der Waals surface area contributed by atoms with E-state index in [-0.39, 0.29) is 0 Å². The summed E-state index contributed by atoms with van der Waals surface area (Å²) < 4.78 is 4.60. The molecule has 0 saturated heterocycles. The van der Waals surface area contributed by atoms with Gasteiger partial charge in [0.1, 0.15) is 10.7 Å². The molecule has 0 bridgehead atoms. The van der Waals surface area contributed by atoms with Crippen LogP contribution in [0, 0.1) is 0 Å². The highest BCUT2D eigenvalue weighted by Gasteiger charge is 2.26. The lowest BCUT2D eigenvalue weighted by Crippen LogP contribution is -2.22. The maximum atomic E-state index is 11.3. The number of carbonyl (C=O) groups is 1. The average Bonchev–Trinajstić information content (AvgIpc) is 3.46. The summed E-state index contributed by atoms with van der Waals surface area (Å²) >= 11 is 1.65. The first-order valence-corrected chi connectivity index (χ1v) is 9.84. The zero-order valence-corrected chi connectivity index (χ0v) is 15.9. The van der Waals surface area contributed by atoms with Crippen LogP contribution in [0.15, 0.2) is 30.6 Å². The van der Waals surface area contributed by atoms with E-state index in [1.54, 1.807) is 17.5 Å². The number of thiazole rings is 1. The summed E-state index contributed by atoms with van der Waals surface area (Å²) in [5.41, 5.74) is 3.85. The fourth-order valence-corrected chi connectivity index (χ4v) is 4.51. The Bertz CT molecular complexity index is 915. The van der Waals surface area contributed by atoms with Gasteiger partial charge in [-0.1, -0.05) is 12.8 Å². The maximum Gasteiger partial charge on any atom is 0.407 e. The Balaban J connectivity index is 1.65. The molecular weight excluding hydrogens is 362 g/mol. The van der Waals surface area contributed by atoms with Gasteiger partial charge in [0, 0.05) is 23.9 Å². The molecule has 3 heterocycles. The average molecular weight is 383 g/mol. The minimum absolute atomic E-state index is 0.340. The van der Waals surface area contributed by atoms with Gasteiger partial charge < -0.3 is 10.1 Å². The molecule has 1 aliphatic carbocycles. The number of aromatic nitrogens is 4. The SMILES string of the molecule is COC(=O)NCc1cc(-c2sc(-c3cccnc3)nc2C2CCCC2)n[nH]1.